The molecule has 1 atom stereocenters. The molecule has 0 radical (unpaired) electrons. The highest BCUT2D eigenvalue weighted by Gasteiger charge is 2.48. The molecule has 1 rings (SSSR count). The van der Waals surface area contributed by atoms with Crippen molar-refractivity contribution >= 4 is 14.2 Å². The number of rotatable bonds is 6. The lowest BCUT2D eigenvalue weighted by atomic mass is 9.75. The van der Waals surface area contributed by atoms with E-state index in [1.165, 1.54) is 0 Å². The third-order valence-corrected chi connectivity index (χ3v) is 12.4. The zero-order chi connectivity index (χ0) is 19.6. The number of carbonyl (C=O) groups excluding carboxylic acids is 1. The molecule has 0 aromatic rings. The lowest BCUT2D eigenvalue weighted by Gasteiger charge is -2.51. The second-order valence-corrected chi connectivity index (χ2v) is 15.0. The standard InChI is InChI=1S/C21H39NO2Si/c1-11-24-20(23)18-14-22(13-12-19(18)21(8,9)10)25(15(2)3,16(4)5)17(6)7/h12-17,19H,11H2,1-10H3. The smallest absolute Gasteiger partial charge is 0.336 e. The number of allylic oxidation sites excluding steroid dienone is 1. The van der Waals surface area contributed by atoms with E-state index in [1.54, 1.807) is 0 Å². The molecule has 0 aromatic carbocycles. The Morgan fingerprint density at radius 1 is 1.12 bits per heavy atom. The normalized spacial score (nSPS) is 19.0. The van der Waals surface area contributed by atoms with Gasteiger partial charge in [-0.05, 0) is 35.2 Å². The fourth-order valence-electron chi connectivity index (χ4n) is 4.84. The Balaban J connectivity index is 3.48. The molecule has 3 nitrogen and oxygen atoms in total. The van der Waals surface area contributed by atoms with Crippen molar-refractivity contribution in [2.45, 2.75) is 85.9 Å². The van der Waals surface area contributed by atoms with Crippen molar-refractivity contribution in [3.8, 4) is 0 Å². The molecule has 0 saturated heterocycles. The Kier molecular flexibility index (Phi) is 7.14. The summed E-state index contributed by atoms with van der Waals surface area (Å²) < 4.78 is 7.83. The molecule has 1 unspecified atom stereocenters. The first-order chi connectivity index (χ1) is 11.4. The number of carbonyl (C=O) groups is 1. The zero-order valence-electron chi connectivity index (χ0n) is 18.0. The van der Waals surface area contributed by atoms with Gasteiger partial charge in [-0.1, -0.05) is 68.4 Å². The Morgan fingerprint density at radius 2 is 1.60 bits per heavy atom. The van der Waals surface area contributed by atoms with E-state index < -0.39 is 8.24 Å². The van der Waals surface area contributed by atoms with Crippen LogP contribution in [0.3, 0.4) is 0 Å². The van der Waals surface area contributed by atoms with Crippen LogP contribution in [0.5, 0.6) is 0 Å². The summed E-state index contributed by atoms with van der Waals surface area (Å²) in [6, 6.07) is 0. The largest absolute Gasteiger partial charge is 0.463 e. The van der Waals surface area contributed by atoms with E-state index in [0.717, 1.165) is 5.57 Å². The minimum atomic E-state index is -1.86. The molecule has 0 aliphatic carbocycles. The molecule has 0 spiro atoms. The summed E-state index contributed by atoms with van der Waals surface area (Å²) in [5.74, 6) is -0.0862. The molecule has 0 bridgehead atoms. The first-order valence-corrected chi connectivity index (χ1v) is 11.9. The number of hydrogen-bond donors (Lipinski definition) is 0. The van der Waals surface area contributed by atoms with Crippen molar-refractivity contribution < 1.29 is 9.53 Å². The maximum atomic E-state index is 12.7. The molecular formula is C21H39NO2Si. The van der Waals surface area contributed by atoms with E-state index in [9.17, 15) is 4.79 Å². The van der Waals surface area contributed by atoms with Gasteiger partial charge in [-0.2, -0.15) is 0 Å². The van der Waals surface area contributed by atoms with Crippen LogP contribution in [0.25, 0.3) is 0 Å². The van der Waals surface area contributed by atoms with Gasteiger partial charge in [0.15, 0.2) is 8.24 Å². The predicted molar refractivity (Wildman–Crippen MR) is 110 cm³/mol. The van der Waals surface area contributed by atoms with Gasteiger partial charge in [0.05, 0.1) is 12.2 Å². The number of ether oxygens (including phenoxy) is 1. The van der Waals surface area contributed by atoms with Gasteiger partial charge in [0, 0.05) is 12.1 Å². The summed E-state index contributed by atoms with van der Waals surface area (Å²) >= 11 is 0. The van der Waals surface area contributed by atoms with E-state index in [4.69, 9.17) is 4.74 Å². The second-order valence-electron chi connectivity index (χ2n) is 9.25. The molecule has 0 amide bonds. The SMILES string of the molecule is CCOC(=O)C1=CN([Si](C(C)C)(C(C)C)C(C)C)C=CC1C(C)(C)C. The molecule has 0 N–H and O–H groups in total. The van der Waals surface area contributed by atoms with Crippen molar-refractivity contribution in [3.05, 3.63) is 24.0 Å². The highest BCUT2D eigenvalue weighted by Crippen LogP contribution is 2.47. The maximum Gasteiger partial charge on any atom is 0.336 e. The van der Waals surface area contributed by atoms with Crippen LogP contribution in [0.15, 0.2) is 24.0 Å². The summed E-state index contributed by atoms with van der Waals surface area (Å²) in [7, 11) is -1.86. The summed E-state index contributed by atoms with van der Waals surface area (Å²) in [4.78, 5) is 12.7. The molecule has 4 heteroatoms. The third-order valence-electron chi connectivity index (χ3n) is 5.72. The van der Waals surface area contributed by atoms with E-state index in [0.29, 0.717) is 23.2 Å². The Hall–Kier alpha value is -1.03. The summed E-state index contributed by atoms with van der Waals surface area (Å²) in [6.07, 6.45) is 6.60. The molecule has 0 aromatic heterocycles. The van der Waals surface area contributed by atoms with Crippen LogP contribution in [0.2, 0.25) is 16.6 Å². The monoisotopic (exact) mass is 365 g/mol. The lowest BCUT2D eigenvalue weighted by Crippen LogP contribution is -2.57. The fourth-order valence-corrected chi connectivity index (χ4v) is 11.3. The zero-order valence-corrected chi connectivity index (χ0v) is 19.0. The van der Waals surface area contributed by atoms with E-state index in [2.05, 4.69) is 85.4 Å². The molecule has 0 fully saturated rings. The fraction of sp³-hybridized carbons (Fsp3) is 0.762. The number of nitrogens with zero attached hydrogens (tertiary/aromatic N) is 1. The maximum absolute atomic E-state index is 12.7. The van der Waals surface area contributed by atoms with Crippen molar-refractivity contribution in [2.24, 2.45) is 11.3 Å². The highest BCUT2D eigenvalue weighted by molar-refractivity contribution is 6.81. The van der Waals surface area contributed by atoms with Gasteiger partial charge in [-0.25, -0.2) is 4.79 Å². The van der Waals surface area contributed by atoms with Crippen molar-refractivity contribution in [2.75, 3.05) is 6.61 Å². The van der Waals surface area contributed by atoms with E-state index >= 15 is 0 Å². The molecule has 1 heterocycles. The minimum absolute atomic E-state index is 0.0150. The Labute approximate surface area is 156 Å². The van der Waals surface area contributed by atoms with Crippen LogP contribution in [-0.4, -0.2) is 25.4 Å². The summed E-state index contributed by atoms with van der Waals surface area (Å²) in [5, 5.41) is 0. The van der Waals surface area contributed by atoms with Crippen LogP contribution < -0.4 is 0 Å². The molecule has 144 valence electrons. The van der Waals surface area contributed by atoms with Gasteiger partial charge in [0.1, 0.15) is 0 Å². The van der Waals surface area contributed by atoms with E-state index in [1.807, 2.05) is 6.92 Å². The van der Waals surface area contributed by atoms with Gasteiger partial charge < -0.3 is 9.30 Å². The third kappa shape index (κ3) is 4.21. The highest BCUT2D eigenvalue weighted by atomic mass is 28.3. The van der Waals surface area contributed by atoms with Gasteiger partial charge in [0.2, 0.25) is 0 Å². The second kappa shape index (κ2) is 8.11. The Morgan fingerprint density at radius 3 is 1.96 bits per heavy atom. The average molecular weight is 366 g/mol. The summed E-state index contributed by atoms with van der Waals surface area (Å²) in [5.41, 5.74) is 2.54. The molecular weight excluding hydrogens is 326 g/mol. The molecule has 1 aliphatic rings. The quantitative estimate of drug-likeness (QED) is 0.420. The van der Waals surface area contributed by atoms with Crippen molar-refractivity contribution in [3.63, 3.8) is 0 Å². The minimum Gasteiger partial charge on any atom is -0.463 e. The number of esters is 1. The predicted octanol–water partition coefficient (Wildman–Crippen LogP) is 6.10. The topological polar surface area (TPSA) is 29.5 Å². The van der Waals surface area contributed by atoms with Crippen LogP contribution in [0.1, 0.15) is 69.2 Å². The molecule has 25 heavy (non-hydrogen) atoms. The number of hydrogen-bond acceptors (Lipinski definition) is 3. The molecule has 0 saturated carbocycles. The van der Waals surface area contributed by atoms with Crippen LogP contribution in [0, 0.1) is 11.3 Å². The first-order valence-electron chi connectivity index (χ1n) is 9.76. The van der Waals surface area contributed by atoms with Crippen LogP contribution in [0.4, 0.5) is 0 Å². The van der Waals surface area contributed by atoms with E-state index in [-0.39, 0.29) is 17.3 Å². The first kappa shape index (κ1) is 22.0. The van der Waals surface area contributed by atoms with Gasteiger partial charge in [-0.15, -0.1) is 0 Å². The van der Waals surface area contributed by atoms with Gasteiger partial charge in [-0.3, -0.25) is 0 Å². The lowest BCUT2D eigenvalue weighted by molar-refractivity contribution is -0.139. The van der Waals surface area contributed by atoms with Crippen molar-refractivity contribution in [1.82, 2.24) is 4.57 Å². The van der Waals surface area contributed by atoms with Crippen LogP contribution >= 0.6 is 0 Å². The molecule has 1 aliphatic heterocycles. The van der Waals surface area contributed by atoms with Crippen molar-refractivity contribution in [1.29, 1.82) is 0 Å². The average Bonchev–Trinajstić information content (AvgIpc) is 2.45. The van der Waals surface area contributed by atoms with Crippen LogP contribution in [-0.2, 0) is 9.53 Å². The van der Waals surface area contributed by atoms with Gasteiger partial charge >= 0.3 is 5.97 Å². The summed E-state index contributed by atoms with van der Waals surface area (Å²) in [6.45, 7) is 22.9. The van der Waals surface area contributed by atoms with Gasteiger partial charge in [0.25, 0.3) is 0 Å². The Bertz CT molecular complexity index is 505.